The van der Waals surface area contributed by atoms with Crippen molar-refractivity contribution >= 4 is 0 Å². The first-order valence-corrected chi connectivity index (χ1v) is 5.36. The Morgan fingerprint density at radius 2 is 2.40 bits per heavy atom. The van der Waals surface area contributed by atoms with Gasteiger partial charge in [-0.3, -0.25) is 0 Å². The van der Waals surface area contributed by atoms with Gasteiger partial charge in [0.2, 0.25) is 0 Å². The summed E-state index contributed by atoms with van der Waals surface area (Å²) in [7, 11) is 0. The van der Waals surface area contributed by atoms with Crippen molar-refractivity contribution in [1.82, 2.24) is 20.2 Å². The second-order valence-corrected chi connectivity index (χ2v) is 4.07. The molecule has 1 saturated carbocycles. The molecule has 1 fully saturated rings. The Balaban J connectivity index is 1.73. The van der Waals surface area contributed by atoms with Crippen LogP contribution in [0, 0.1) is 5.92 Å². The average Bonchev–Trinajstić information content (AvgIpc) is 2.90. The summed E-state index contributed by atoms with van der Waals surface area (Å²) in [5.41, 5.74) is 5.72. The molecule has 1 aromatic rings. The summed E-state index contributed by atoms with van der Waals surface area (Å²) >= 11 is 0. The van der Waals surface area contributed by atoms with E-state index in [0.717, 1.165) is 12.5 Å². The Kier molecular flexibility index (Phi) is 3.27. The monoisotopic (exact) mass is 211 g/mol. The summed E-state index contributed by atoms with van der Waals surface area (Å²) in [6.07, 6.45) is 2.63. The summed E-state index contributed by atoms with van der Waals surface area (Å²) in [6, 6.07) is -0.136. The molecule has 0 aliphatic heterocycles. The summed E-state index contributed by atoms with van der Waals surface area (Å²) in [4.78, 5) is 0. The average molecular weight is 211 g/mol. The third-order valence-corrected chi connectivity index (χ3v) is 2.46. The van der Waals surface area contributed by atoms with Crippen LogP contribution in [0.2, 0.25) is 0 Å². The zero-order valence-corrected chi connectivity index (χ0v) is 8.96. The fourth-order valence-electron chi connectivity index (χ4n) is 1.38. The normalized spacial score (nSPS) is 18.0. The highest BCUT2D eigenvalue weighted by molar-refractivity contribution is 4.87. The molecule has 1 unspecified atom stereocenters. The number of tetrazole rings is 1. The van der Waals surface area contributed by atoms with Gasteiger partial charge in [0.1, 0.15) is 0 Å². The van der Waals surface area contributed by atoms with Crippen LogP contribution in [0.5, 0.6) is 0 Å². The molecule has 84 valence electrons. The molecule has 0 aromatic carbocycles. The van der Waals surface area contributed by atoms with Gasteiger partial charge in [-0.05, 0) is 36.1 Å². The first kappa shape index (κ1) is 10.5. The molecule has 2 rings (SSSR count). The number of ether oxygens (including phenoxy) is 1. The topological polar surface area (TPSA) is 78.9 Å². The van der Waals surface area contributed by atoms with E-state index in [2.05, 4.69) is 15.5 Å². The maximum absolute atomic E-state index is 5.72. The van der Waals surface area contributed by atoms with Gasteiger partial charge in [0, 0.05) is 6.61 Å². The molecule has 1 aliphatic carbocycles. The number of nitrogens with two attached hydrogens (primary N) is 1. The number of hydrogen-bond donors (Lipinski definition) is 1. The molecule has 1 heterocycles. The van der Waals surface area contributed by atoms with Gasteiger partial charge in [-0.15, -0.1) is 5.10 Å². The fourth-order valence-corrected chi connectivity index (χ4v) is 1.38. The molecule has 6 heteroatoms. The van der Waals surface area contributed by atoms with E-state index in [1.807, 2.05) is 6.92 Å². The van der Waals surface area contributed by atoms with E-state index in [-0.39, 0.29) is 6.04 Å². The standard InChI is InChI=1S/C9H17N5O/c1-7(10)9-11-12-13-14(9)4-5-15-6-8-2-3-8/h7-8H,2-6,10H2,1H3. The van der Waals surface area contributed by atoms with Gasteiger partial charge >= 0.3 is 0 Å². The maximum atomic E-state index is 5.72. The maximum Gasteiger partial charge on any atom is 0.167 e. The van der Waals surface area contributed by atoms with Crippen LogP contribution in [-0.2, 0) is 11.3 Å². The molecular weight excluding hydrogens is 194 g/mol. The number of hydrogen-bond acceptors (Lipinski definition) is 5. The van der Waals surface area contributed by atoms with Crippen LogP contribution in [0.3, 0.4) is 0 Å². The van der Waals surface area contributed by atoms with Gasteiger partial charge in [-0.25, -0.2) is 4.68 Å². The molecule has 0 saturated heterocycles. The predicted octanol–water partition coefficient (Wildman–Crippen LogP) is 0.119. The summed E-state index contributed by atoms with van der Waals surface area (Å²) < 4.78 is 7.21. The predicted molar refractivity (Wildman–Crippen MR) is 54.0 cm³/mol. The van der Waals surface area contributed by atoms with Crippen molar-refractivity contribution < 1.29 is 4.74 Å². The van der Waals surface area contributed by atoms with E-state index < -0.39 is 0 Å². The first-order chi connectivity index (χ1) is 7.27. The Morgan fingerprint density at radius 1 is 1.60 bits per heavy atom. The lowest BCUT2D eigenvalue weighted by Gasteiger charge is -2.07. The lowest BCUT2D eigenvalue weighted by molar-refractivity contribution is 0.113. The van der Waals surface area contributed by atoms with Crippen LogP contribution in [0.1, 0.15) is 31.6 Å². The van der Waals surface area contributed by atoms with Crippen LogP contribution < -0.4 is 5.73 Å². The smallest absolute Gasteiger partial charge is 0.167 e. The van der Waals surface area contributed by atoms with E-state index in [9.17, 15) is 0 Å². The second kappa shape index (κ2) is 4.67. The highest BCUT2D eigenvalue weighted by Gasteiger charge is 2.21. The van der Waals surface area contributed by atoms with Crippen molar-refractivity contribution in [2.24, 2.45) is 11.7 Å². The van der Waals surface area contributed by atoms with E-state index in [0.29, 0.717) is 19.0 Å². The lowest BCUT2D eigenvalue weighted by atomic mass is 10.3. The molecule has 1 aliphatic rings. The molecular formula is C9H17N5O. The van der Waals surface area contributed by atoms with E-state index in [1.165, 1.54) is 12.8 Å². The van der Waals surface area contributed by atoms with Crippen LogP contribution >= 0.6 is 0 Å². The zero-order valence-electron chi connectivity index (χ0n) is 8.96. The van der Waals surface area contributed by atoms with Crippen LogP contribution in [0.4, 0.5) is 0 Å². The highest BCUT2D eigenvalue weighted by Crippen LogP contribution is 2.28. The van der Waals surface area contributed by atoms with Gasteiger partial charge in [-0.2, -0.15) is 0 Å². The van der Waals surface area contributed by atoms with Crippen molar-refractivity contribution in [1.29, 1.82) is 0 Å². The van der Waals surface area contributed by atoms with Crippen molar-refractivity contribution in [3.8, 4) is 0 Å². The molecule has 1 aromatic heterocycles. The van der Waals surface area contributed by atoms with Crippen LogP contribution in [-0.4, -0.2) is 33.4 Å². The van der Waals surface area contributed by atoms with Crippen molar-refractivity contribution in [3.63, 3.8) is 0 Å². The van der Waals surface area contributed by atoms with Gasteiger partial charge in [0.25, 0.3) is 0 Å². The van der Waals surface area contributed by atoms with Gasteiger partial charge in [-0.1, -0.05) is 0 Å². The van der Waals surface area contributed by atoms with Gasteiger partial charge in [0.15, 0.2) is 5.82 Å². The summed E-state index contributed by atoms with van der Waals surface area (Å²) in [5.74, 6) is 1.51. The van der Waals surface area contributed by atoms with E-state index >= 15 is 0 Å². The fraction of sp³-hybridized carbons (Fsp3) is 0.889. The van der Waals surface area contributed by atoms with Crippen molar-refractivity contribution in [2.75, 3.05) is 13.2 Å². The SMILES string of the molecule is CC(N)c1nnnn1CCOCC1CC1. The molecule has 6 nitrogen and oxygen atoms in total. The minimum absolute atomic E-state index is 0.136. The minimum Gasteiger partial charge on any atom is -0.379 e. The van der Waals surface area contributed by atoms with Crippen molar-refractivity contribution in [3.05, 3.63) is 5.82 Å². The lowest BCUT2D eigenvalue weighted by Crippen LogP contribution is -2.17. The molecule has 0 radical (unpaired) electrons. The summed E-state index contributed by atoms with van der Waals surface area (Å²) in [5, 5.41) is 11.3. The molecule has 1 atom stereocenters. The van der Waals surface area contributed by atoms with E-state index in [4.69, 9.17) is 10.5 Å². The van der Waals surface area contributed by atoms with Crippen molar-refractivity contribution in [2.45, 2.75) is 32.4 Å². The highest BCUT2D eigenvalue weighted by atomic mass is 16.5. The van der Waals surface area contributed by atoms with Gasteiger partial charge in [0.05, 0.1) is 19.2 Å². The van der Waals surface area contributed by atoms with Crippen LogP contribution in [0.15, 0.2) is 0 Å². The van der Waals surface area contributed by atoms with E-state index in [1.54, 1.807) is 4.68 Å². The summed E-state index contributed by atoms with van der Waals surface area (Å²) in [6.45, 7) is 4.07. The Labute approximate surface area is 88.8 Å². The Morgan fingerprint density at radius 3 is 3.07 bits per heavy atom. The number of aromatic nitrogens is 4. The largest absolute Gasteiger partial charge is 0.379 e. The second-order valence-electron chi connectivity index (χ2n) is 4.07. The molecule has 15 heavy (non-hydrogen) atoms. The number of nitrogens with zero attached hydrogens (tertiary/aromatic N) is 4. The first-order valence-electron chi connectivity index (χ1n) is 5.36. The molecule has 0 bridgehead atoms. The van der Waals surface area contributed by atoms with Crippen LogP contribution in [0.25, 0.3) is 0 Å². The molecule has 0 amide bonds. The molecule has 2 N–H and O–H groups in total. The quantitative estimate of drug-likeness (QED) is 0.676. The number of rotatable bonds is 6. The van der Waals surface area contributed by atoms with Gasteiger partial charge < -0.3 is 10.5 Å². The third-order valence-electron chi connectivity index (χ3n) is 2.46. The zero-order chi connectivity index (χ0) is 10.7. The molecule has 0 spiro atoms. The Bertz CT molecular complexity index is 307. The minimum atomic E-state index is -0.136. The Hall–Kier alpha value is -1.01. The third kappa shape index (κ3) is 2.97.